The van der Waals surface area contributed by atoms with E-state index in [2.05, 4.69) is 14.7 Å². The SMILES string of the molecule is Nc1nsc(NCC(=O)N2CCCC2)c1-c1ccncc1. The minimum Gasteiger partial charge on any atom is -0.382 e. The Balaban J connectivity index is 1.73. The maximum absolute atomic E-state index is 12.1. The molecule has 7 heteroatoms. The highest BCUT2D eigenvalue weighted by Crippen LogP contribution is 2.36. The van der Waals surface area contributed by atoms with Crippen LogP contribution in [0.5, 0.6) is 0 Å². The van der Waals surface area contributed by atoms with E-state index >= 15 is 0 Å². The Morgan fingerprint density at radius 3 is 2.76 bits per heavy atom. The van der Waals surface area contributed by atoms with Gasteiger partial charge < -0.3 is 16.0 Å². The molecular weight excluding hydrogens is 286 g/mol. The number of amides is 1. The van der Waals surface area contributed by atoms with Crippen LogP contribution in [0.25, 0.3) is 11.1 Å². The number of carbonyl (C=O) groups is 1. The standard InChI is InChI=1S/C14H17N5OS/c15-13-12(10-3-5-16-6-4-10)14(21-18-13)17-9-11(20)19-7-1-2-8-19/h3-6,17H,1-2,7-9H2,(H2,15,18). The Bertz CT molecular complexity index is 622. The third-order valence-corrected chi connectivity index (χ3v) is 4.37. The van der Waals surface area contributed by atoms with Gasteiger partial charge >= 0.3 is 0 Å². The molecule has 0 aliphatic carbocycles. The summed E-state index contributed by atoms with van der Waals surface area (Å²) < 4.78 is 4.18. The van der Waals surface area contributed by atoms with Crippen molar-refractivity contribution in [2.45, 2.75) is 12.8 Å². The molecule has 0 aromatic carbocycles. The minimum atomic E-state index is 0.125. The number of hydrogen-bond donors (Lipinski definition) is 2. The van der Waals surface area contributed by atoms with Crippen molar-refractivity contribution in [2.24, 2.45) is 0 Å². The molecule has 3 heterocycles. The van der Waals surface area contributed by atoms with E-state index in [1.54, 1.807) is 12.4 Å². The van der Waals surface area contributed by atoms with Crippen LogP contribution >= 0.6 is 11.5 Å². The average Bonchev–Trinajstić information content (AvgIpc) is 3.15. The van der Waals surface area contributed by atoms with Crippen LogP contribution in [0.2, 0.25) is 0 Å². The Hall–Kier alpha value is -2.15. The van der Waals surface area contributed by atoms with E-state index in [1.165, 1.54) is 11.5 Å². The number of nitrogens with two attached hydrogens (primary N) is 1. The van der Waals surface area contributed by atoms with Crippen LogP contribution in [0.3, 0.4) is 0 Å². The Morgan fingerprint density at radius 1 is 1.33 bits per heavy atom. The van der Waals surface area contributed by atoms with Crippen molar-refractivity contribution >= 4 is 28.3 Å². The summed E-state index contributed by atoms with van der Waals surface area (Å²) in [5.41, 5.74) is 7.74. The van der Waals surface area contributed by atoms with Crippen LogP contribution in [0, 0.1) is 0 Å². The summed E-state index contributed by atoms with van der Waals surface area (Å²) in [6.07, 6.45) is 5.63. The molecule has 1 saturated heterocycles. The van der Waals surface area contributed by atoms with E-state index in [1.807, 2.05) is 17.0 Å². The van der Waals surface area contributed by atoms with Crippen molar-refractivity contribution in [1.29, 1.82) is 0 Å². The summed E-state index contributed by atoms with van der Waals surface area (Å²) in [5.74, 6) is 0.600. The van der Waals surface area contributed by atoms with Crippen LogP contribution < -0.4 is 11.1 Å². The van der Waals surface area contributed by atoms with Crippen molar-refractivity contribution in [3.8, 4) is 11.1 Å². The lowest BCUT2D eigenvalue weighted by atomic mass is 10.1. The molecule has 1 amide bonds. The quantitative estimate of drug-likeness (QED) is 0.900. The smallest absolute Gasteiger partial charge is 0.241 e. The predicted molar refractivity (Wildman–Crippen MR) is 84.1 cm³/mol. The maximum Gasteiger partial charge on any atom is 0.241 e. The van der Waals surface area contributed by atoms with Gasteiger partial charge in [-0.2, -0.15) is 4.37 Å². The lowest BCUT2D eigenvalue weighted by Crippen LogP contribution is -2.32. The Labute approximate surface area is 127 Å². The van der Waals surface area contributed by atoms with Gasteiger partial charge in [0, 0.05) is 25.5 Å². The van der Waals surface area contributed by atoms with Gasteiger partial charge in [0.25, 0.3) is 0 Å². The summed E-state index contributed by atoms with van der Waals surface area (Å²) in [6, 6.07) is 3.77. The largest absolute Gasteiger partial charge is 0.382 e. The third kappa shape index (κ3) is 2.97. The van der Waals surface area contributed by atoms with Crippen molar-refractivity contribution in [3.05, 3.63) is 24.5 Å². The second-order valence-electron chi connectivity index (χ2n) is 4.95. The summed E-state index contributed by atoms with van der Waals surface area (Å²) >= 11 is 1.28. The summed E-state index contributed by atoms with van der Waals surface area (Å²) in [6.45, 7) is 2.00. The van der Waals surface area contributed by atoms with Gasteiger partial charge in [0.05, 0.1) is 12.1 Å². The Morgan fingerprint density at radius 2 is 2.05 bits per heavy atom. The zero-order valence-corrected chi connectivity index (χ0v) is 12.4. The van der Waals surface area contributed by atoms with E-state index in [0.29, 0.717) is 5.82 Å². The van der Waals surface area contributed by atoms with E-state index < -0.39 is 0 Å². The first kappa shape index (κ1) is 13.8. The van der Waals surface area contributed by atoms with Crippen LogP contribution in [0.15, 0.2) is 24.5 Å². The lowest BCUT2D eigenvalue weighted by molar-refractivity contribution is -0.128. The molecular formula is C14H17N5OS. The molecule has 3 rings (SSSR count). The average molecular weight is 303 g/mol. The summed E-state index contributed by atoms with van der Waals surface area (Å²) in [4.78, 5) is 18.0. The molecule has 1 aliphatic rings. The van der Waals surface area contributed by atoms with E-state index in [-0.39, 0.29) is 12.5 Å². The fraction of sp³-hybridized carbons (Fsp3) is 0.357. The minimum absolute atomic E-state index is 0.125. The molecule has 0 bridgehead atoms. The first-order chi connectivity index (χ1) is 10.3. The molecule has 0 atom stereocenters. The molecule has 3 N–H and O–H groups in total. The second-order valence-corrected chi connectivity index (χ2v) is 5.72. The molecule has 2 aromatic heterocycles. The van der Waals surface area contributed by atoms with Crippen molar-refractivity contribution in [2.75, 3.05) is 30.7 Å². The highest BCUT2D eigenvalue weighted by molar-refractivity contribution is 7.11. The number of pyridine rings is 1. The van der Waals surface area contributed by atoms with Gasteiger partial charge in [0.1, 0.15) is 10.8 Å². The van der Waals surface area contributed by atoms with Gasteiger partial charge in [-0.15, -0.1) is 0 Å². The zero-order valence-electron chi connectivity index (χ0n) is 11.6. The molecule has 6 nitrogen and oxygen atoms in total. The van der Waals surface area contributed by atoms with Crippen molar-refractivity contribution in [1.82, 2.24) is 14.3 Å². The molecule has 21 heavy (non-hydrogen) atoms. The predicted octanol–water partition coefficient (Wildman–Crippen LogP) is 1.82. The molecule has 1 aliphatic heterocycles. The lowest BCUT2D eigenvalue weighted by Gasteiger charge is -2.15. The van der Waals surface area contributed by atoms with Gasteiger partial charge in [-0.25, -0.2) is 0 Å². The zero-order chi connectivity index (χ0) is 14.7. The summed E-state index contributed by atoms with van der Waals surface area (Å²) in [5, 5.41) is 4.00. The van der Waals surface area contributed by atoms with Crippen molar-refractivity contribution < 1.29 is 4.79 Å². The van der Waals surface area contributed by atoms with Crippen molar-refractivity contribution in [3.63, 3.8) is 0 Å². The van der Waals surface area contributed by atoms with Crippen LogP contribution in [0.1, 0.15) is 12.8 Å². The number of hydrogen-bond acceptors (Lipinski definition) is 6. The number of nitrogens with one attached hydrogen (secondary N) is 1. The van der Waals surface area contributed by atoms with E-state index in [9.17, 15) is 4.79 Å². The van der Waals surface area contributed by atoms with Gasteiger partial charge in [0.15, 0.2) is 0 Å². The monoisotopic (exact) mass is 303 g/mol. The topological polar surface area (TPSA) is 84.1 Å². The number of likely N-dealkylation sites (tertiary alicyclic amines) is 1. The van der Waals surface area contributed by atoms with Gasteiger partial charge in [-0.05, 0) is 42.1 Å². The number of nitrogen functional groups attached to an aromatic ring is 1. The molecule has 1 fully saturated rings. The normalized spacial score (nSPS) is 14.4. The van der Waals surface area contributed by atoms with Gasteiger partial charge in [-0.3, -0.25) is 9.78 Å². The highest BCUT2D eigenvalue weighted by Gasteiger charge is 2.19. The Kier molecular flexibility index (Phi) is 4.01. The van der Waals surface area contributed by atoms with Gasteiger partial charge in [0.2, 0.25) is 5.91 Å². The molecule has 0 unspecified atom stereocenters. The molecule has 110 valence electrons. The molecule has 0 radical (unpaired) electrons. The highest BCUT2D eigenvalue weighted by atomic mass is 32.1. The first-order valence-corrected chi connectivity index (χ1v) is 7.70. The van der Waals surface area contributed by atoms with E-state index in [4.69, 9.17) is 5.73 Å². The number of carbonyl (C=O) groups excluding carboxylic acids is 1. The number of rotatable bonds is 4. The number of anilines is 2. The fourth-order valence-electron chi connectivity index (χ4n) is 2.45. The molecule has 2 aromatic rings. The summed E-state index contributed by atoms with van der Waals surface area (Å²) in [7, 11) is 0. The maximum atomic E-state index is 12.1. The van der Waals surface area contributed by atoms with Crippen LogP contribution in [-0.4, -0.2) is 39.8 Å². The molecule has 0 spiro atoms. The fourth-order valence-corrected chi connectivity index (χ4v) is 3.19. The van der Waals surface area contributed by atoms with Crippen LogP contribution in [0.4, 0.5) is 10.8 Å². The molecule has 0 saturated carbocycles. The van der Waals surface area contributed by atoms with E-state index in [0.717, 1.165) is 42.1 Å². The second kappa shape index (κ2) is 6.09. The number of nitrogens with zero attached hydrogens (tertiary/aromatic N) is 3. The first-order valence-electron chi connectivity index (χ1n) is 6.93. The van der Waals surface area contributed by atoms with Gasteiger partial charge in [-0.1, -0.05) is 0 Å². The third-order valence-electron chi connectivity index (χ3n) is 3.55. The number of aromatic nitrogens is 2. The van der Waals surface area contributed by atoms with Crippen LogP contribution in [-0.2, 0) is 4.79 Å².